The van der Waals surface area contributed by atoms with Crippen molar-refractivity contribution in [2.75, 3.05) is 17.3 Å². The Labute approximate surface area is 221 Å². The highest BCUT2D eigenvalue weighted by Crippen LogP contribution is 2.31. The van der Waals surface area contributed by atoms with Gasteiger partial charge in [0.15, 0.2) is 0 Å². The number of ether oxygens (including phenoxy) is 1. The molecular weight excluding hydrogens is 500 g/mol. The Kier molecular flexibility index (Phi) is 6.83. The fourth-order valence-electron chi connectivity index (χ4n) is 4.16. The van der Waals surface area contributed by atoms with Crippen molar-refractivity contribution in [2.24, 2.45) is 5.73 Å². The minimum atomic E-state index is -3.19. The molecule has 0 amide bonds. The van der Waals surface area contributed by atoms with E-state index in [1.54, 1.807) is 6.20 Å². The van der Waals surface area contributed by atoms with Gasteiger partial charge in [-0.25, -0.2) is 18.4 Å². The zero-order valence-corrected chi connectivity index (χ0v) is 22.1. The fourth-order valence-corrected chi connectivity index (χ4v) is 4.99. The average molecular weight is 529 g/mol. The number of H-pyrrole nitrogens is 1. The summed E-state index contributed by atoms with van der Waals surface area (Å²) in [5.41, 5.74) is 12.0. The Bertz CT molecular complexity index is 1710. The van der Waals surface area contributed by atoms with Crippen LogP contribution in [0.4, 0.5) is 11.5 Å². The van der Waals surface area contributed by atoms with Crippen LogP contribution in [0.1, 0.15) is 23.0 Å². The molecule has 9 nitrogen and oxygen atoms in total. The van der Waals surface area contributed by atoms with Gasteiger partial charge in [0.2, 0.25) is 0 Å². The molecule has 5 aromatic rings. The van der Waals surface area contributed by atoms with E-state index < -0.39 is 15.9 Å². The molecule has 3 aromatic heterocycles. The van der Waals surface area contributed by atoms with Gasteiger partial charge in [0.25, 0.3) is 0 Å². The second-order valence-corrected chi connectivity index (χ2v) is 11.5. The summed E-state index contributed by atoms with van der Waals surface area (Å²) in [5, 5.41) is 4.24. The SMILES string of the molecule is Cc1ccc(Oc2ccc(Nc3ncnc4ccc(-c5ccc(C(N)CS(C)(=O)=O)[nH]5)cc34)cc2C)cn1. The Morgan fingerprint density at radius 2 is 1.84 bits per heavy atom. The number of nitrogens with one attached hydrogen (secondary N) is 2. The smallest absolute Gasteiger partial charge is 0.149 e. The quantitative estimate of drug-likeness (QED) is 0.249. The zero-order valence-electron chi connectivity index (χ0n) is 21.3. The normalized spacial score (nSPS) is 12.4. The molecule has 0 aliphatic carbocycles. The van der Waals surface area contributed by atoms with E-state index in [0.29, 0.717) is 17.3 Å². The van der Waals surface area contributed by atoms with Crippen molar-refractivity contribution in [3.05, 3.63) is 90.1 Å². The lowest BCUT2D eigenvalue weighted by Crippen LogP contribution is -2.21. The molecule has 0 saturated carbocycles. The Hall–Kier alpha value is -4.28. The molecule has 0 radical (unpaired) electrons. The van der Waals surface area contributed by atoms with E-state index in [4.69, 9.17) is 10.5 Å². The first-order valence-corrected chi connectivity index (χ1v) is 14.1. The molecule has 1 unspecified atom stereocenters. The van der Waals surface area contributed by atoms with Crippen LogP contribution >= 0.6 is 0 Å². The number of benzene rings is 2. The van der Waals surface area contributed by atoms with Crippen LogP contribution in [0.2, 0.25) is 0 Å². The number of nitrogens with two attached hydrogens (primary N) is 1. The first-order chi connectivity index (χ1) is 18.1. The summed E-state index contributed by atoms with van der Waals surface area (Å²) in [6, 6.07) is 18.6. The van der Waals surface area contributed by atoms with Gasteiger partial charge in [-0.2, -0.15) is 0 Å². The molecule has 0 aliphatic rings. The summed E-state index contributed by atoms with van der Waals surface area (Å²) >= 11 is 0. The van der Waals surface area contributed by atoms with Crippen molar-refractivity contribution >= 4 is 32.2 Å². The lowest BCUT2D eigenvalue weighted by Gasteiger charge is -2.13. The largest absolute Gasteiger partial charge is 0.455 e. The molecule has 38 heavy (non-hydrogen) atoms. The van der Waals surface area contributed by atoms with Gasteiger partial charge in [0, 0.05) is 34.4 Å². The monoisotopic (exact) mass is 528 g/mol. The summed E-state index contributed by atoms with van der Waals surface area (Å²) in [4.78, 5) is 16.4. The van der Waals surface area contributed by atoms with Crippen LogP contribution in [0.5, 0.6) is 11.5 Å². The molecule has 0 saturated heterocycles. The topological polar surface area (TPSA) is 136 Å². The molecule has 5 rings (SSSR count). The highest BCUT2D eigenvalue weighted by molar-refractivity contribution is 7.90. The minimum absolute atomic E-state index is 0.127. The zero-order chi connectivity index (χ0) is 26.9. The lowest BCUT2D eigenvalue weighted by atomic mass is 10.1. The number of sulfone groups is 1. The van der Waals surface area contributed by atoms with Crippen LogP contribution in [0.15, 0.2) is 73.2 Å². The molecule has 0 spiro atoms. The lowest BCUT2D eigenvalue weighted by molar-refractivity contribution is 0.476. The van der Waals surface area contributed by atoms with E-state index in [1.807, 2.05) is 74.5 Å². The van der Waals surface area contributed by atoms with Crippen LogP contribution in [-0.2, 0) is 9.84 Å². The van der Waals surface area contributed by atoms with Gasteiger partial charge >= 0.3 is 0 Å². The number of hydrogen-bond acceptors (Lipinski definition) is 8. The summed E-state index contributed by atoms with van der Waals surface area (Å²) < 4.78 is 29.3. The number of fused-ring (bicyclic) bond motifs is 1. The number of hydrogen-bond donors (Lipinski definition) is 3. The molecule has 4 N–H and O–H groups in total. The van der Waals surface area contributed by atoms with Crippen molar-refractivity contribution in [3.8, 4) is 22.8 Å². The number of pyridine rings is 1. The second kappa shape index (κ2) is 10.2. The van der Waals surface area contributed by atoms with Crippen LogP contribution in [0.3, 0.4) is 0 Å². The number of aromatic amines is 1. The first kappa shape index (κ1) is 25.4. The Morgan fingerprint density at radius 3 is 2.58 bits per heavy atom. The van der Waals surface area contributed by atoms with Crippen LogP contribution < -0.4 is 15.8 Å². The molecule has 1 atom stereocenters. The molecule has 10 heteroatoms. The highest BCUT2D eigenvalue weighted by Gasteiger charge is 2.16. The highest BCUT2D eigenvalue weighted by atomic mass is 32.2. The third kappa shape index (κ3) is 5.82. The van der Waals surface area contributed by atoms with Gasteiger partial charge < -0.3 is 20.8 Å². The number of anilines is 2. The molecule has 0 fully saturated rings. The van der Waals surface area contributed by atoms with Gasteiger partial charge in [-0.15, -0.1) is 0 Å². The third-order valence-electron chi connectivity index (χ3n) is 6.09. The molecule has 0 aliphatic heterocycles. The van der Waals surface area contributed by atoms with E-state index in [9.17, 15) is 8.42 Å². The number of rotatable bonds is 8. The van der Waals surface area contributed by atoms with Crippen LogP contribution in [0, 0.1) is 13.8 Å². The van der Waals surface area contributed by atoms with E-state index >= 15 is 0 Å². The second-order valence-electron chi connectivity index (χ2n) is 9.32. The van der Waals surface area contributed by atoms with Gasteiger partial charge in [0.1, 0.15) is 33.5 Å². The van der Waals surface area contributed by atoms with E-state index in [-0.39, 0.29) is 5.75 Å². The molecule has 2 aromatic carbocycles. The van der Waals surface area contributed by atoms with E-state index in [2.05, 4.69) is 25.3 Å². The molecular formula is C28H28N6O3S. The fraction of sp³-hybridized carbons (Fsp3) is 0.179. The van der Waals surface area contributed by atoms with Crippen molar-refractivity contribution in [1.82, 2.24) is 19.9 Å². The number of aromatic nitrogens is 4. The Morgan fingerprint density at radius 1 is 1.00 bits per heavy atom. The van der Waals surface area contributed by atoms with E-state index in [1.165, 1.54) is 12.6 Å². The standard InChI is InChI=1S/C28H28N6O3S/c1-17-12-20(6-11-27(17)37-21-7-4-18(2)30-14-21)33-28-22-13-19(5-8-25(22)31-16-32-28)24-9-10-26(34-24)23(29)15-38(3,35)36/h4-14,16,23,34H,15,29H2,1-3H3,(H,31,32,33). The first-order valence-electron chi connectivity index (χ1n) is 12.0. The average Bonchev–Trinajstić information content (AvgIpc) is 3.37. The maximum Gasteiger partial charge on any atom is 0.149 e. The minimum Gasteiger partial charge on any atom is -0.455 e. The maximum atomic E-state index is 11.6. The third-order valence-corrected chi connectivity index (χ3v) is 7.05. The number of nitrogens with zero attached hydrogens (tertiary/aromatic N) is 3. The van der Waals surface area contributed by atoms with E-state index in [0.717, 1.165) is 44.9 Å². The van der Waals surface area contributed by atoms with Crippen LogP contribution in [-0.4, -0.2) is 40.4 Å². The molecule has 194 valence electrons. The summed E-state index contributed by atoms with van der Waals surface area (Å²) in [5.74, 6) is 1.96. The van der Waals surface area contributed by atoms with Crippen LogP contribution in [0.25, 0.3) is 22.2 Å². The van der Waals surface area contributed by atoms with Gasteiger partial charge in [-0.05, 0) is 79.6 Å². The van der Waals surface area contributed by atoms with Crippen molar-refractivity contribution in [1.29, 1.82) is 0 Å². The molecule has 0 bridgehead atoms. The van der Waals surface area contributed by atoms with Crippen molar-refractivity contribution in [3.63, 3.8) is 0 Å². The van der Waals surface area contributed by atoms with Gasteiger partial charge in [-0.1, -0.05) is 6.07 Å². The number of aryl methyl sites for hydroxylation is 2. The Balaban J connectivity index is 1.39. The summed E-state index contributed by atoms with van der Waals surface area (Å²) in [6.07, 6.45) is 4.41. The predicted octanol–water partition coefficient (Wildman–Crippen LogP) is 5.22. The maximum absolute atomic E-state index is 11.6. The summed E-state index contributed by atoms with van der Waals surface area (Å²) in [7, 11) is -3.19. The van der Waals surface area contributed by atoms with Gasteiger partial charge in [-0.3, -0.25) is 4.98 Å². The summed E-state index contributed by atoms with van der Waals surface area (Å²) in [6.45, 7) is 3.91. The van der Waals surface area contributed by atoms with Crippen molar-refractivity contribution < 1.29 is 13.2 Å². The molecule has 3 heterocycles. The van der Waals surface area contributed by atoms with Gasteiger partial charge in [0.05, 0.1) is 23.5 Å². The predicted molar refractivity (Wildman–Crippen MR) is 149 cm³/mol. The van der Waals surface area contributed by atoms with Crippen molar-refractivity contribution in [2.45, 2.75) is 19.9 Å².